The van der Waals surface area contributed by atoms with Crippen molar-refractivity contribution in [2.45, 2.75) is 24.8 Å². The average Bonchev–Trinajstić information content (AvgIpc) is 2.52. The van der Waals surface area contributed by atoms with Gasteiger partial charge >= 0.3 is 0 Å². The lowest BCUT2D eigenvalue weighted by Gasteiger charge is -2.07. The Balaban J connectivity index is 2.02. The zero-order chi connectivity index (χ0) is 15.1. The number of nitrogens with one attached hydrogen (secondary N) is 2. The molecule has 2 N–H and O–H groups in total. The van der Waals surface area contributed by atoms with Crippen molar-refractivity contribution in [2.24, 2.45) is 0 Å². The number of rotatable bonds is 7. The van der Waals surface area contributed by atoms with Crippen molar-refractivity contribution < 1.29 is 8.42 Å². The molecule has 0 unspecified atom stereocenters. The largest absolute Gasteiger partial charge is 0.370 e. The van der Waals surface area contributed by atoms with Crippen molar-refractivity contribution in [2.75, 3.05) is 11.9 Å². The molecule has 0 aliphatic heterocycles. The number of hydrogen-bond donors (Lipinski definition) is 2. The van der Waals surface area contributed by atoms with E-state index in [1.807, 2.05) is 6.92 Å². The Hall–Kier alpha value is -2.06. The van der Waals surface area contributed by atoms with Gasteiger partial charge in [0.1, 0.15) is 17.0 Å². The Kier molecular flexibility index (Phi) is 5.18. The second-order valence-corrected chi connectivity index (χ2v) is 6.10. The summed E-state index contributed by atoms with van der Waals surface area (Å²) in [5.41, 5.74) is 0.600. The molecule has 2 heterocycles. The van der Waals surface area contributed by atoms with Crippen LogP contribution in [0.15, 0.2) is 41.8 Å². The lowest BCUT2D eigenvalue weighted by molar-refractivity contribution is 0.580. The minimum Gasteiger partial charge on any atom is -0.370 e. The maximum atomic E-state index is 12.1. The van der Waals surface area contributed by atoms with Crippen LogP contribution in [0.4, 0.5) is 5.82 Å². The highest BCUT2D eigenvalue weighted by atomic mass is 32.2. The summed E-state index contributed by atoms with van der Waals surface area (Å²) in [4.78, 5) is 11.9. The molecule has 2 aromatic rings. The molecule has 0 spiro atoms. The Morgan fingerprint density at radius 1 is 1.19 bits per heavy atom. The van der Waals surface area contributed by atoms with Crippen molar-refractivity contribution in [1.29, 1.82) is 0 Å². The minimum absolute atomic E-state index is 0.112. The molecule has 0 fully saturated rings. The average molecular weight is 307 g/mol. The van der Waals surface area contributed by atoms with Gasteiger partial charge in [0, 0.05) is 18.9 Å². The van der Waals surface area contributed by atoms with Crippen LogP contribution in [0.2, 0.25) is 0 Å². The van der Waals surface area contributed by atoms with Gasteiger partial charge in [0.2, 0.25) is 10.0 Å². The molecule has 8 heteroatoms. The Morgan fingerprint density at radius 2 is 2.05 bits per heavy atom. The van der Waals surface area contributed by atoms with E-state index in [0.717, 1.165) is 13.0 Å². The predicted octanol–water partition coefficient (Wildman–Crippen LogP) is 1.17. The third-order valence-corrected chi connectivity index (χ3v) is 4.08. The molecule has 2 aromatic heterocycles. The molecule has 0 bridgehead atoms. The number of pyridine rings is 1. The van der Waals surface area contributed by atoms with Crippen molar-refractivity contribution in [3.8, 4) is 0 Å². The molecule has 0 aliphatic rings. The van der Waals surface area contributed by atoms with Gasteiger partial charge in [-0.2, -0.15) is 0 Å². The highest BCUT2D eigenvalue weighted by Crippen LogP contribution is 2.11. The summed E-state index contributed by atoms with van der Waals surface area (Å²) in [7, 11) is -3.60. The van der Waals surface area contributed by atoms with Gasteiger partial charge in [0.15, 0.2) is 0 Å². The Morgan fingerprint density at radius 3 is 2.67 bits per heavy atom. The van der Waals surface area contributed by atoms with E-state index in [0.29, 0.717) is 11.5 Å². The van der Waals surface area contributed by atoms with Gasteiger partial charge < -0.3 is 5.32 Å². The van der Waals surface area contributed by atoms with Gasteiger partial charge in [0.25, 0.3) is 0 Å². The van der Waals surface area contributed by atoms with Crippen LogP contribution in [-0.4, -0.2) is 29.9 Å². The van der Waals surface area contributed by atoms with Crippen molar-refractivity contribution >= 4 is 15.8 Å². The molecule has 0 atom stereocenters. The zero-order valence-electron chi connectivity index (χ0n) is 11.7. The molecule has 0 aromatic carbocycles. The van der Waals surface area contributed by atoms with Crippen LogP contribution in [0.3, 0.4) is 0 Å². The van der Waals surface area contributed by atoms with Gasteiger partial charge in [0.05, 0.1) is 12.2 Å². The summed E-state index contributed by atoms with van der Waals surface area (Å²) in [6.07, 6.45) is 5.24. The monoisotopic (exact) mass is 307 g/mol. The Labute approximate surface area is 123 Å². The fourth-order valence-electron chi connectivity index (χ4n) is 1.57. The second kappa shape index (κ2) is 7.09. The number of hydrogen-bond acceptors (Lipinski definition) is 6. The molecule has 2 rings (SSSR count). The smallest absolute Gasteiger partial charge is 0.242 e. The van der Waals surface area contributed by atoms with E-state index in [2.05, 4.69) is 25.0 Å². The molecular weight excluding hydrogens is 290 g/mol. The maximum absolute atomic E-state index is 12.1. The molecule has 0 saturated carbocycles. The molecule has 0 radical (unpaired) electrons. The summed E-state index contributed by atoms with van der Waals surface area (Å²) < 4.78 is 26.7. The van der Waals surface area contributed by atoms with Crippen LogP contribution in [0.25, 0.3) is 0 Å². The lowest BCUT2D eigenvalue weighted by Crippen LogP contribution is -2.24. The Bertz CT molecular complexity index is 659. The molecule has 0 amide bonds. The quantitative estimate of drug-likeness (QED) is 0.797. The van der Waals surface area contributed by atoms with Crippen LogP contribution in [-0.2, 0) is 16.6 Å². The van der Waals surface area contributed by atoms with Crippen LogP contribution >= 0.6 is 0 Å². The minimum atomic E-state index is -3.60. The first-order valence-electron chi connectivity index (χ1n) is 6.56. The molecule has 21 heavy (non-hydrogen) atoms. The first-order chi connectivity index (χ1) is 10.1. The van der Waals surface area contributed by atoms with E-state index >= 15 is 0 Å². The normalized spacial score (nSPS) is 11.3. The molecule has 0 aliphatic carbocycles. The van der Waals surface area contributed by atoms with Gasteiger partial charge in [-0.05, 0) is 24.6 Å². The second-order valence-electron chi connectivity index (χ2n) is 4.33. The molecule has 7 nitrogen and oxygen atoms in total. The van der Waals surface area contributed by atoms with Gasteiger partial charge in [-0.1, -0.05) is 6.92 Å². The van der Waals surface area contributed by atoms with Crippen molar-refractivity contribution in [1.82, 2.24) is 19.7 Å². The molecular formula is C13H17N5O2S. The number of anilines is 1. The SMILES string of the molecule is CCCNc1ccc(S(=O)(=O)NCc2ccncn2)cn1. The van der Waals surface area contributed by atoms with E-state index in [-0.39, 0.29) is 11.4 Å². The van der Waals surface area contributed by atoms with Gasteiger partial charge in [-0.15, -0.1) is 0 Å². The third-order valence-electron chi connectivity index (χ3n) is 2.69. The van der Waals surface area contributed by atoms with Crippen LogP contribution < -0.4 is 10.0 Å². The van der Waals surface area contributed by atoms with Crippen molar-refractivity contribution in [3.05, 3.63) is 42.6 Å². The molecule has 112 valence electrons. The maximum Gasteiger partial charge on any atom is 0.242 e. The standard InChI is InChI=1S/C13H17N5O2S/c1-2-6-15-13-4-3-12(9-16-13)21(19,20)18-8-11-5-7-14-10-17-11/h3-5,7,9-10,18H,2,6,8H2,1H3,(H,15,16). The lowest BCUT2D eigenvalue weighted by atomic mass is 10.4. The summed E-state index contributed by atoms with van der Waals surface area (Å²) in [6.45, 7) is 2.95. The highest BCUT2D eigenvalue weighted by molar-refractivity contribution is 7.89. The summed E-state index contributed by atoms with van der Waals surface area (Å²) in [5.74, 6) is 0.659. The van der Waals surface area contributed by atoms with E-state index in [4.69, 9.17) is 0 Å². The van der Waals surface area contributed by atoms with E-state index in [9.17, 15) is 8.42 Å². The third kappa shape index (κ3) is 4.47. The first kappa shape index (κ1) is 15.3. The van der Waals surface area contributed by atoms with Crippen LogP contribution in [0.5, 0.6) is 0 Å². The van der Waals surface area contributed by atoms with Crippen molar-refractivity contribution in [3.63, 3.8) is 0 Å². The molecule has 0 saturated heterocycles. The van der Waals surface area contributed by atoms with E-state index < -0.39 is 10.0 Å². The number of aromatic nitrogens is 3. The topological polar surface area (TPSA) is 96.9 Å². The number of nitrogens with zero attached hydrogens (tertiary/aromatic N) is 3. The van der Waals surface area contributed by atoms with Crippen LogP contribution in [0, 0.1) is 0 Å². The summed E-state index contributed by atoms with van der Waals surface area (Å²) >= 11 is 0. The highest BCUT2D eigenvalue weighted by Gasteiger charge is 2.14. The van der Waals surface area contributed by atoms with Gasteiger partial charge in [-0.3, -0.25) is 0 Å². The van der Waals surface area contributed by atoms with E-state index in [1.165, 1.54) is 18.6 Å². The van der Waals surface area contributed by atoms with E-state index in [1.54, 1.807) is 18.3 Å². The summed E-state index contributed by atoms with van der Waals surface area (Å²) in [6, 6.07) is 4.82. The zero-order valence-corrected chi connectivity index (χ0v) is 12.5. The van der Waals surface area contributed by atoms with Crippen LogP contribution in [0.1, 0.15) is 19.0 Å². The summed E-state index contributed by atoms with van der Waals surface area (Å²) in [5, 5.41) is 3.09. The number of sulfonamides is 1. The predicted molar refractivity (Wildman–Crippen MR) is 79.1 cm³/mol. The first-order valence-corrected chi connectivity index (χ1v) is 8.04. The fourth-order valence-corrected chi connectivity index (χ4v) is 2.52. The van der Waals surface area contributed by atoms with Gasteiger partial charge in [-0.25, -0.2) is 28.1 Å². The fraction of sp³-hybridized carbons (Fsp3) is 0.308.